The van der Waals surface area contributed by atoms with Crippen LogP contribution in [0, 0.1) is 17.7 Å². The Morgan fingerprint density at radius 2 is 1.95 bits per heavy atom. The van der Waals surface area contributed by atoms with Crippen LogP contribution < -0.4 is 5.43 Å². The lowest BCUT2D eigenvalue weighted by atomic mass is 10.2. The van der Waals surface area contributed by atoms with Gasteiger partial charge in [-0.3, -0.25) is 4.79 Å². The van der Waals surface area contributed by atoms with Gasteiger partial charge in [0.15, 0.2) is 0 Å². The summed E-state index contributed by atoms with van der Waals surface area (Å²) in [6.07, 6.45) is 1.28. The first-order chi connectivity index (χ1) is 9.75. The van der Waals surface area contributed by atoms with Crippen molar-refractivity contribution in [3.8, 4) is 11.8 Å². The van der Waals surface area contributed by atoms with E-state index in [0.29, 0.717) is 0 Å². The molecular weight excluding hydrogens is 255 g/mol. The van der Waals surface area contributed by atoms with Crippen LogP contribution in [-0.2, 0) is 0 Å². The quantitative estimate of drug-likeness (QED) is 0.506. The average Bonchev–Trinajstić information content (AvgIpc) is 2.48. The van der Waals surface area contributed by atoms with Gasteiger partial charge in [0.05, 0.1) is 6.21 Å². The van der Waals surface area contributed by atoms with E-state index in [2.05, 4.69) is 22.4 Å². The highest BCUT2D eigenvalue weighted by Gasteiger charge is 2.03. The van der Waals surface area contributed by atoms with Crippen molar-refractivity contribution in [1.82, 2.24) is 5.43 Å². The van der Waals surface area contributed by atoms with Gasteiger partial charge in [-0.15, -0.1) is 0 Å². The molecule has 0 aliphatic carbocycles. The molecule has 2 aromatic carbocycles. The third-order valence-electron chi connectivity index (χ3n) is 2.37. The van der Waals surface area contributed by atoms with Gasteiger partial charge >= 0.3 is 0 Å². The first-order valence-corrected chi connectivity index (χ1v) is 5.90. The Bertz CT molecular complexity index is 684. The second-order valence-electron chi connectivity index (χ2n) is 3.84. The molecular formula is C16H11FN2O. The minimum Gasteiger partial charge on any atom is -0.267 e. The van der Waals surface area contributed by atoms with Crippen LogP contribution in [0.4, 0.5) is 4.39 Å². The highest BCUT2D eigenvalue weighted by atomic mass is 19.1. The summed E-state index contributed by atoms with van der Waals surface area (Å²) in [6.45, 7) is 0. The molecule has 0 spiro atoms. The largest absolute Gasteiger partial charge is 0.271 e. The fraction of sp³-hybridized carbons (Fsp3) is 0. The lowest BCUT2D eigenvalue weighted by Gasteiger charge is -1.98. The third-order valence-corrected chi connectivity index (χ3v) is 2.37. The Hall–Kier alpha value is -2.93. The summed E-state index contributed by atoms with van der Waals surface area (Å²) >= 11 is 0. The normalized spacial score (nSPS) is 9.85. The van der Waals surface area contributed by atoms with Crippen molar-refractivity contribution in [2.24, 2.45) is 5.10 Å². The second kappa shape index (κ2) is 6.86. The lowest BCUT2D eigenvalue weighted by Crippen LogP contribution is -2.17. The molecule has 0 aromatic heterocycles. The van der Waals surface area contributed by atoms with E-state index in [9.17, 15) is 9.18 Å². The Kier molecular flexibility index (Phi) is 4.63. The van der Waals surface area contributed by atoms with E-state index >= 15 is 0 Å². The van der Waals surface area contributed by atoms with E-state index in [4.69, 9.17) is 0 Å². The average molecular weight is 266 g/mol. The molecule has 0 aliphatic rings. The summed E-state index contributed by atoms with van der Waals surface area (Å²) in [5, 5.41) is 3.67. The molecule has 0 radical (unpaired) electrons. The number of hydrogen-bond acceptors (Lipinski definition) is 2. The molecule has 0 fully saturated rings. The zero-order valence-electron chi connectivity index (χ0n) is 10.5. The predicted octanol–water partition coefficient (Wildman–Crippen LogP) is 2.59. The highest BCUT2D eigenvalue weighted by Crippen LogP contribution is 2.02. The van der Waals surface area contributed by atoms with E-state index in [1.165, 1.54) is 24.4 Å². The Morgan fingerprint density at radius 3 is 2.70 bits per heavy atom. The van der Waals surface area contributed by atoms with Crippen LogP contribution in [0.2, 0.25) is 0 Å². The van der Waals surface area contributed by atoms with Crippen molar-refractivity contribution < 1.29 is 9.18 Å². The van der Waals surface area contributed by atoms with E-state index < -0.39 is 11.7 Å². The monoisotopic (exact) mass is 266 g/mol. The zero-order chi connectivity index (χ0) is 14.2. The summed E-state index contributed by atoms with van der Waals surface area (Å²) in [5.74, 6) is 4.59. The van der Waals surface area contributed by atoms with Gasteiger partial charge in [-0.05, 0) is 36.3 Å². The van der Waals surface area contributed by atoms with Gasteiger partial charge in [0.2, 0.25) is 0 Å². The van der Waals surface area contributed by atoms with Crippen LogP contribution in [0.25, 0.3) is 0 Å². The zero-order valence-corrected chi connectivity index (χ0v) is 10.5. The summed E-state index contributed by atoms with van der Waals surface area (Å²) in [7, 11) is 0. The summed E-state index contributed by atoms with van der Waals surface area (Å²) < 4.78 is 12.9. The molecule has 4 heteroatoms. The number of carbonyl (C=O) groups is 1. The molecule has 20 heavy (non-hydrogen) atoms. The SMILES string of the molecule is O=C(NN=CC#Cc1ccccc1)c1cccc(F)c1. The third kappa shape index (κ3) is 4.07. The van der Waals surface area contributed by atoms with Crippen molar-refractivity contribution in [2.45, 2.75) is 0 Å². The highest BCUT2D eigenvalue weighted by molar-refractivity contribution is 5.94. The molecule has 1 amide bonds. The first kappa shape index (κ1) is 13.5. The maximum atomic E-state index is 12.9. The van der Waals surface area contributed by atoms with Gasteiger partial charge in [0, 0.05) is 11.1 Å². The van der Waals surface area contributed by atoms with Gasteiger partial charge in [-0.2, -0.15) is 5.10 Å². The Balaban J connectivity index is 1.91. The minimum atomic E-state index is -0.484. The molecule has 98 valence electrons. The topological polar surface area (TPSA) is 41.5 Å². The standard InChI is InChI=1S/C16H11FN2O/c17-15-10-4-9-14(12-15)16(20)19-18-11-5-8-13-6-2-1-3-7-13/h1-4,6-7,9-12H,(H,19,20). The van der Waals surface area contributed by atoms with Crippen LogP contribution >= 0.6 is 0 Å². The van der Waals surface area contributed by atoms with E-state index in [-0.39, 0.29) is 5.56 Å². The molecule has 1 N–H and O–H groups in total. The van der Waals surface area contributed by atoms with Crippen LogP contribution in [0.3, 0.4) is 0 Å². The van der Waals surface area contributed by atoms with Crippen LogP contribution in [0.5, 0.6) is 0 Å². The smallest absolute Gasteiger partial charge is 0.267 e. The summed E-state index contributed by atoms with van der Waals surface area (Å²) in [6, 6.07) is 14.8. The number of halogens is 1. The molecule has 0 saturated heterocycles. The summed E-state index contributed by atoms with van der Waals surface area (Å²) in [5.41, 5.74) is 3.34. The lowest BCUT2D eigenvalue weighted by molar-refractivity contribution is 0.0954. The Morgan fingerprint density at radius 1 is 1.15 bits per heavy atom. The van der Waals surface area contributed by atoms with Gasteiger partial charge in [0.25, 0.3) is 5.91 Å². The van der Waals surface area contributed by atoms with Crippen molar-refractivity contribution in [1.29, 1.82) is 0 Å². The van der Waals surface area contributed by atoms with Crippen LogP contribution in [-0.4, -0.2) is 12.1 Å². The number of nitrogens with zero attached hydrogens (tertiary/aromatic N) is 1. The number of amides is 1. The number of nitrogens with one attached hydrogen (secondary N) is 1. The van der Waals surface area contributed by atoms with Crippen molar-refractivity contribution in [3.05, 3.63) is 71.5 Å². The number of hydrogen-bond donors (Lipinski definition) is 1. The summed E-state index contributed by atoms with van der Waals surface area (Å²) in [4.78, 5) is 11.6. The number of hydrazone groups is 1. The maximum Gasteiger partial charge on any atom is 0.271 e. The Labute approximate surface area is 116 Å². The fourth-order valence-corrected chi connectivity index (χ4v) is 1.45. The molecule has 0 bridgehead atoms. The van der Waals surface area contributed by atoms with E-state index in [1.54, 1.807) is 0 Å². The maximum absolute atomic E-state index is 12.9. The van der Waals surface area contributed by atoms with Gasteiger partial charge in [0.1, 0.15) is 5.82 Å². The predicted molar refractivity (Wildman–Crippen MR) is 75.7 cm³/mol. The van der Waals surface area contributed by atoms with Gasteiger partial charge < -0.3 is 0 Å². The molecule has 0 atom stereocenters. The number of benzene rings is 2. The minimum absolute atomic E-state index is 0.207. The van der Waals surface area contributed by atoms with Gasteiger partial charge in [-0.1, -0.05) is 30.2 Å². The molecule has 0 unspecified atom stereocenters. The van der Waals surface area contributed by atoms with Crippen LogP contribution in [0.15, 0.2) is 59.7 Å². The molecule has 3 nitrogen and oxygen atoms in total. The molecule has 0 saturated carbocycles. The van der Waals surface area contributed by atoms with E-state index in [1.807, 2.05) is 30.3 Å². The fourth-order valence-electron chi connectivity index (χ4n) is 1.45. The van der Waals surface area contributed by atoms with Crippen LogP contribution in [0.1, 0.15) is 15.9 Å². The van der Waals surface area contributed by atoms with Crippen molar-refractivity contribution in [2.75, 3.05) is 0 Å². The van der Waals surface area contributed by atoms with Crippen molar-refractivity contribution in [3.63, 3.8) is 0 Å². The van der Waals surface area contributed by atoms with Gasteiger partial charge in [-0.25, -0.2) is 9.82 Å². The molecule has 0 heterocycles. The number of carbonyl (C=O) groups excluding carboxylic acids is 1. The van der Waals surface area contributed by atoms with Crippen molar-refractivity contribution >= 4 is 12.1 Å². The first-order valence-electron chi connectivity index (χ1n) is 5.90. The molecule has 0 aliphatic heterocycles. The molecule has 2 aromatic rings. The molecule has 2 rings (SSSR count). The van der Waals surface area contributed by atoms with E-state index in [0.717, 1.165) is 11.6 Å². The number of rotatable bonds is 2. The second-order valence-corrected chi connectivity index (χ2v) is 3.84.